The van der Waals surface area contributed by atoms with Gasteiger partial charge >= 0.3 is 5.97 Å². The maximum atomic E-state index is 11.4. The number of nitrogens with zero attached hydrogens (tertiary/aromatic N) is 1. The fourth-order valence-electron chi connectivity index (χ4n) is 1.71. The highest BCUT2D eigenvalue weighted by molar-refractivity contribution is 5.79. The van der Waals surface area contributed by atoms with Gasteiger partial charge in [-0.2, -0.15) is 0 Å². The first-order valence-electron chi connectivity index (χ1n) is 4.63. The molecule has 1 amide bonds. The normalized spacial score (nSPS) is 22.9. The maximum Gasteiger partial charge on any atom is 0.305 e. The smallest absolute Gasteiger partial charge is 0.305 e. The van der Waals surface area contributed by atoms with E-state index in [1.807, 2.05) is 13.8 Å². The number of ether oxygens (including phenoxy) is 1. The fraction of sp³-hybridized carbons (Fsp3) is 0.778. The van der Waals surface area contributed by atoms with Crippen LogP contribution in [0.4, 0.5) is 0 Å². The van der Waals surface area contributed by atoms with Crippen LogP contribution in [0.3, 0.4) is 0 Å². The Morgan fingerprint density at radius 2 is 2.36 bits per heavy atom. The predicted octanol–water partition coefficient (Wildman–Crippen LogP) is 0.0969. The molecule has 1 aliphatic rings. The molecule has 1 N–H and O–H groups in total. The second-order valence-electron chi connectivity index (χ2n) is 3.66. The molecule has 0 spiro atoms. The van der Waals surface area contributed by atoms with E-state index in [0.717, 1.165) is 0 Å². The van der Waals surface area contributed by atoms with Crippen molar-refractivity contribution in [3.63, 3.8) is 0 Å². The van der Waals surface area contributed by atoms with Crippen LogP contribution in [0.2, 0.25) is 0 Å². The Balaban J connectivity index is 2.69. The van der Waals surface area contributed by atoms with Crippen molar-refractivity contribution >= 4 is 11.9 Å². The minimum atomic E-state index is -0.904. The predicted molar refractivity (Wildman–Crippen MR) is 48.8 cm³/mol. The van der Waals surface area contributed by atoms with Crippen molar-refractivity contribution in [1.82, 2.24) is 4.90 Å². The quantitative estimate of drug-likeness (QED) is 0.703. The van der Waals surface area contributed by atoms with Crippen molar-refractivity contribution in [2.24, 2.45) is 0 Å². The molecule has 0 aromatic heterocycles. The minimum Gasteiger partial charge on any atom is -0.481 e. The number of rotatable bonds is 3. The SMILES string of the molecule is CC(C)N1C(=O)COCC1CC(=O)O. The highest BCUT2D eigenvalue weighted by Crippen LogP contribution is 2.14. The van der Waals surface area contributed by atoms with Gasteiger partial charge in [-0.15, -0.1) is 0 Å². The Morgan fingerprint density at radius 3 is 2.86 bits per heavy atom. The summed E-state index contributed by atoms with van der Waals surface area (Å²) < 4.78 is 5.02. The van der Waals surface area contributed by atoms with Gasteiger partial charge in [-0.25, -0.2) is 0 Å². The third kappa shape index (κ3) is 2.45. The molecule has 0 aromatic rings. The number of carboxylic acid groups (broad SMARTS) is 1. The van der Waals surface area contributed by atoms with Crippen LogP contribution in [-0.2, 0) is 14.3 Å². The van der Waals surface area contributed by atoms with Crippen molar-refractivity contribution in [2.45, 2.75) is 32.4 Å². The van der Waals surface area contributed by atoms with Gasteiger partial charge in [-0.1, -0.05) is 0 Å². The van der Waals surface area contributed by atoms with Gasteiger partial charge in [0, 0.05) is 6.04 Å². The maximum absolute atomic E-state index is 11.4. The minimum absolute atomic E-state index is 0.0238. The molecule has 0 bridgehead atoms. The number of morpholine rings is 1. The number of carbonyl (C=O) groups excluding carboxylic acids is 1. The second-order valence-corrected chi connectivity index (χ2v) is 3.66. The lowest BCUT2D eigenvalue weighted by molar-refractivity contribution is -0.154. The molecule has 80 valence electrons. The Hall–Kier alpha value is -1.10. The molecule has 0 aliphatic carbocycles. The number of amides is 1. The molecule has 1 saturated heterocycles. The summed E-state index contributed by atoms with van der Waals surface area (Å²) in [6.45, 7) is 4.13. The van der Waals surface area contributed by atoms with Crippen molar-refractivity contribution < 1.29 is 19.4 Å². The molecule has 14 heavy (non-hydrogen) atoms. The largest absolute Gasteiger partial charge is 0.481 e. The van der Waals surface area contributed by atoms with Crippen molar-refractivity contribution in [1.29, 1.82) is 0 Å². The summed E-state index contributed by atoms with van der Waals surface area (Å²) in [5.41, 5.74) is 0. The Kier molecular flexibility index (Phi) is 3.46. The first-order valence-corrected chi connectivity index (χ1v) is 4.63. The van der Waals surface area contributed by atoms with Crippen LogP contribution < -0.4 is 0 Å². The summed E-state index contributed by atoms with van der Waals surface area (Å²) in [4.78, 5) is 23.6. The fourth-order valence-corrected chi connectivity index (χ4v) is 1.71. The molecular weight excluding hydrogens is 186 g/mol. The van der Waals surface area contributed by atoms with E-state index in [1.165, 1.54) is 0 Å². The zero-order valence-corrected chi connectivity index (χ0v) is 8.40. The van der Waals surface area contributed by atoms with E-state index >= 15 is 0 Å². The summed E-state index contributed by atoms with van der Waals surface area (Å²) in [6.07, 6.45) is -0.0517. The summed E-state index contributed by atoms with van der Waals surface area (Å²) >= 11 is 0. The van der Waals surface area contributed by atoms with Gasteiger partial charge in [0.05, 0.1) is 19.1 Å². The number of carboxylic acids is 1. The van der Waals surface area contributed by atoms with E-state index in [0.29, 0.717) is 6.61 Å². The van der Waals surface area contributed by atoms with Crippen molar-refractivity contribution in [3.05, 3.63) is 0 Å². The Morgan fingerprint density at radius 1 is 1.71 bits per heavy atom. The zero-order chi connectivity index (χ0) is 10.7. The van der Waals surface area contributed by atoms with Gasteiger partial charge in [0.1, 0.15) is 6.61 Å². The molecule has 0 saturated carbocycles. The first kappa shape index (κ1) is 11.0. The van der Waals surface area contributed by atoms with E-state index < -0.39 is 5.97 Å². The van der Waals surface area contributed by atoms with E-state index in [2.05, 4.69) is 0 Å². The van der Waals surface area contributed by atoms with Crippen LogP contribution in [0.5, 0.6) is 0 Å². The van der Waals surface area contributed by atoms with E-state index in [4.69, 9.17) is 9.84 Å². The average Bonchev–Trinajstić information content (AvgIpc) is 2.01. The van der Waals surface area contributed by atoms with Crippen LogP contribution in [0.15, 0.2) is 0 Å². The third-order valence-corrected chi connectivity index (χ3v) is 2.18. The average molecular weight is 201 g/mol. The van der Waals surface area contributed by atoms with Gasteiger partial charge in [0.2, 0.25) is 5.91 Å². The number of carbonyl (C=O) groups is 2. The van der Waals surface area contributed by atoms with Crippen LogP contribution in [0, 0.1) is 0 Å². The van der Waals surface area contributed by atoms with E-state index in [-0.39, 0.29) is 31.0 Å². The van der Waals surface area contributed by atoms with Gasteiger partial charge < -0.3 is 14.7 Å². The Labute approximate surface area is 82.6 Å². The topological polar surface area (TPSA) is 66.8 Å². The Bertz CT molecular complexity index is 239. The van der Waals surface area contributed by atoms with E-state index in [1.54, 1.807) is 4.90 Å². The molecule has 1 aliphatic heterocycles. The molecule has 0 aromatic carbocycles. The number of hydrogen-bond acceptors (Lipinski definition) is 3. The van der Waals surface area contributed by atoms with Gasteiger partial charge in [0.15, 0.2) is 0 Å². The summed E-state index contributed by atoms with van der Waals surface area (Å²) in [6, 6.07) is -0.301. The third-order valence-electron chi connectivity index (χ3n) is 2.18. The van der Waals surface area contributed by atoms with Crippen LogP contribution in [0.25, 0.3) is 0 Å². The molecule has 1 heterocycles. The molecule has 5 heteroatoms. The molecule has 1 fully saturated rings. The summed E-state index contributed by atoms with van der Waals surface area (Å²) in [5, 5.41) is 8.66. The molecular formula is C9H15NO4. The molecule has 0 radical (unpaired) electrons. The highest BCUT2D eigenvalue weighted by atomic mass is 16.5. The molecule has 1 unspecified atom stereocenters. The van der Waals surface area contributed by atoms with E-state index in [9.17, 15) is 9.59 Å². The lowest BCUT2D eigenvalue weighted by atomic mass is 10.1. The lowest BCUT2D eigenvalue weighted by Gasteiger charge is -2.37. The lowest BCUT2D eigenvalue weighted by Crippen LogP contribution is -2.53. The van der Waals surface area contributed by atoms with Crippen LogP contribution >= 0.6 is 0 Å². The monoisotopic (exact) mass is 201 g/mol. The van der Waals surface area contributed by atoms with Gasteiger partial charge in [-0.3, -0.25) is 9.59 Å². The first-order chi connectivity index (χ1) is 6.52. The number of aliphatic carboxylic acids is 1. The van der Waals surface area contributed by atoms with Gasteiger partial charge in [0.25, 0.3) is 0 Å². The molecule has 1 rings (SSSR count). The van der Waals surface area contributed by atoms with Crippen LogP contribution in [-0.4, -0.2) is 47.2 Å². The molecule has 5 nitrogen and oxygen atoms in total. The summed E-state index contributed by atoms with van der Waals surface area (Å²) in [7, 11) is 0. The van der Waals surface area contributed by atoms with Crippen molar-refractivity contribution in [2.75, 3.05) is 13.2 Å². The van der Waals surface area contributed by atoms with Crippen LogP contribution in [0.1, 0.15) is 20.3 Å². The zero-order valence-electron chi connectivity index (χ0n) is 8.40. The highest BCUT2D eigenvalue weighted by Gasteiger charge is 2.31. The standard InChI is InChI=1S/C9H15NO4/c1-6(2)10-7(3-9(12)13)4-14-5-8(10)11/h6-7H,3-5H2,1-2H3,(H,12,13). The summed E-state index contributed by atoms with van der Waals surface area (Å²) in [5.74, 6) is -1.03. The van der Waals surface area contributed by atoms with Gasteiger partial charge in [-0.05, 0) is 13.8 Å². The molecule has 1 atom stereocenters. The number of hydrogen-bond donors (Lipinski definition) is 1. The van der Waals surface area contributed by atoms with Crippen molar-refractivity contribution in [3.8, 4) is 0 Å². The second kappa shape index (κ2) is 4.41.